The summed E-state index contributed by atoms with van der Waals surface area (Å²) in [7, 11) is 0. The van der Waals surface area contributed by atoms with Crippen LogP contribution < -0.4 is 20.3 Å². The molecule has 3 heterocycles. The van der Waals surface area contributed by atoms with Crippen LogP contribution in [0.3, 0.4) is 0 Å². The van der Waals surface area contributed by atoms with E-state index in [0.29, 0.717) is 17.3 Å². The van der Waals surface area contributed by atoms with E-state index in [9.17, 15) is 5.26 Å². The molecule has 2 fully saturated rings. The van der Waals surface area contributed by atoms with Crippen LogP contribution >= 0.6 is 0 Å². The van der Waals surface area contributed by atoms with E-state index >= 15 is 0 Å². The summed E-state index contributed by atoms with van der Waals surface area (Å²) < 4.78 is 11.6. The largest absolute Gasteiger partial charge is 0.489 e. The molecule has 0 spiro atoms. The highest BCUT2D eigenvalue weighted by molar-refractivity contribution is 5.83. The van der Waals surface area contributed by atoms with Gasteiger partial charge in [0.2, 0.25) is 5.95 Å². The van der Waals surface area contributed by atoms with Gasteiger partial charge in [0.15, 0.2) is 0 Å². The van der Waals surface area contributed by atoms with Gasteiger partial charge < -0.3 is 25.0 Å². The van der Waals surface area contributed by atoms with E-state index in [0.717, 1.165) is 68.8 Å². The van der Waals surface area contributed by atoms with E-state index in [4.69, 9.17) is 9.47 Å². The first-order chi connectivity index (χ1) is 15.8. The molecule has 2 aromatic carbocycles. The van der Waals surface area contributed by atoms with Crippen LogP contribution in [0.25, 0.3) is 10.9 Å². The van der Waals surface area contributed by atoms with Gasteiger partial charge in [0.1, 0.15) is 17.9 Å². The van der Waals surface area contributed by atoms with E-state index in [1.807, 2.05) is 18.2 Å². The zero-order chi connectivity index (χ0) is 21.8. The Labute approximate surface area is 187 Å². The molecule has 0 bridgehead atoms. The number of nitrogens with zero attached hydrogens (tertiary/aromatic N) is 4. The fourth-order valence-corrected chi connectivity index (χ4v) is 4.10. The van der Waals surface area contributed by atoms with Crippen LogP contribution in [0.5, 0.6) is 5.75 Å². The predicted molar refractivity (Wildman–Crippen MR) is 124 cm³/mol. The third kappa shape index (κ3) is 4.59. The maximum Gasteiger partial charge on any atom is 0.227 e. The number of benzene rings is 2. The zero-order valence-corrected chi connectivity index (χ0v) is 17.9. The lowest BCUT2D eigenvalue weighted by molar-refractivity contribution is 0.122. The van der Waals surface area contributed by atoms with Crippen molar-refractivity contribution in [2.24, 2.45) is 0 Å². The standard InChI is InChI=1S/C24H26N6O2/c25-15-17-13-18-16-27-24(29-22(18)14-23(17)32-21-5-7-26-8-6-21)28-19-1-3-20(4-2-19)30-9-11-31-12-10-30/h1-4,13-14,16,21,26H,5-12H2,(H,27,28,29). The quantitative estimate of drug-likeness (QED) is 0.637. The molecule has 0 amide bonds. The topological polar surface area (TPSA) is 95.3 Å². The lowest BCUT2D eigenvalue weighted by Crippen LogP contribution is -2.36. The molecule has 0 radical (unpaired) electrons. The minimum atomic E-state index is 0.116. The lowest BCUT2D eigenvalue weighted by Gasteiger charge is -2.28. The molecule has 2 aliphatic heterocycles. The number of hydrogen-bond donors (Lipinski definition) is 2. The fourth-order valence-electron chi connectivity index (χ4n) is 4.10. The van der Waals surface area contributed by atoms with Crippen molar-refractivity contribution in [3.8, 4) is 11.8 Å². The van der Waals surface area contributed by atoms with Gasteiger partial charge in [-0.1, -0.05) is 0 Å². The van der Waals surface area contributed by atoms with Gasteiger partial charge in [0.25, 0.3) is 0 Å². The third-order valence-corrected chi connectivity index (χ3v) is 5.88. The Morgan fingerprint density at radius 1 is 1.12 bits per heavy atom. The summed E-state index contributed by atoms with van der Waals surface area (Å²) in [4.78, 5) is 11.4. The van der Waals surface area contributed by atoms with E-state index in [-0.39, 0.29) is 6.10 Å². The van der Waals surface area contributed by atoms with Crippen molar-refractivity contribution in [2.75, 3.05) is 49.6 Å². The van der Waals surface area contributed by atoms with Gasteiger partial charge in [-0.3, -0.25) is 0 Å². The van der Waals surface area contributed by atoms with Crippen molar-refractivity contribution in [1.29, 1.82) is 5.26 Å². The predicted octanol–water partition coefficient (Wildman–Crippen LogP) is 3.21. The van der Waals surface area contributed by atoms with Crippen LogP contribution in [0.2, 0.25) is 0 Å². The maximum atomic E-state index is 9.57. The number of morpholine rings is 1. The molecule has 2 aliphatic rings. The number of anilines is 3. The molecule has 2 saturated heterocycles. The molecule has 164 valence electrons. The highest BCUT2D eigenvalue weighted by atomic mass is 16.5. The SMILES string of the molecule is N#Cc1cc2cnc(Nc3ccc(N4CCOCC4)cc3)nc2cc1OC1CCNCC1. The molecule has 0 atom stereocenters. The van der Waals surface area contributed by atoms with Gasteiger partial charge in [0.05, 0.1) is 24.3 Å². The number of ether oxygens (including phenoxy) is 2. The Bertz CT molecular complexity index is 1120. The van der Waals surface area contributed by atoms with E-state index in [2.05, 4.69) is 43.7 Å². The number of hydrogen-bond acceptors (Lipinski definition) is 8. The van der Waals surface area contributed by atoms with Crippen molar-refractivity contribution in [3.05, 3.63) is 48.2 Å². The van der Waals surface area contributed by atoms with Crippen molar-refractivity contribution in [3.63, 3.8) is 0 Å². The highest BCUT2D eigenvalue weighted by Crippen LogP contribution is 2.28. The molecule has 8 nitrogen and oxygen atoms in total. The average molecular weight is 431 g/mol. The molecule has 2 N–H and O–H groups in total. The van der Waals surface area contributed by atoms with Crippen LogP contribution in [-0.4, -0.2) is 55.5 Å². The van der Waals surface area contributed by atoms with Gasteiger partial charge >= 0.3 is 0 Å². The van der Waals surface area contributed by atoms with Crippen LogP contribution in [0.1, 0.15) is 18.4 Å². The van der Waals surface area contributed by atoms with Gasteiger partial charge in [-0.15, -0.1) is 0 Å². The summed E-state index contributed by atoms with van der Waals surface area (Å²) in [6.07, 6.45) is 3.71. The van der Waals surface area contributed by atoms with Crippen molar-refractivity contribution in [2.45, 2.75) is 18.9 Å². The van der Waals surface area contributed by atoms with Crippen LogP contribution in [-0.2, 0) is 4.74 Å². The van der Waals surface area contributed by atoms with Gasteiger partial charge in [0, 0.05) is 42.1 Å². The Kier molecular flexibility index (Phi) is 6.01. The van der Waals surface area contributed by atoms with Crippen LogP contribution in [0.4, 0.5) is 17.3 Å². The fraction of sp³-hybridized carbons (Fsp3) is 0.375. The monoisotopic (exact) mass is 430 g/mol. The van der Waals surface area contributed by atoms with Gasteiger partial charge in [-0.2, -0.15) is 5.26 Å². The molecule has 5 rings (SSSR count). The van der Waals surface area contributed by atoms with E-state index in [1.54, 1.807) is 12.3 Å². The highest BCUT2D eigenvalue weighted by Gasteiger charge is 2.17. The Balaban J connectivity index is 1.34. The third-order valence-electron chi connectivity index (χ3n) is 5.88. The van der Waals surface area contributed by atoms with Crippen LogP contribution in [0.15, 0.2) is 42.6 Å². The number of nitrogens with one attached hydrogen (secondary N) is 2. The number of fused-ring (bicyclic) bond motifs is 1. The number of nitriles is 1. The molecule has 0 saturated carbocycles. The second-order valence-corrected chi connectivity index (χ2v) is 8.05. The first-order valence-electron chi connectivity index (χ1n) is 11.1. The molecule has 0 aliphatic carbocycles. The van der Waals surface area contributed by atoms with E-state index in [1.165, 1.54) is 5.69 Å². The zero-order valence-electron chi connectivity index (χ0n) is 17.9. The molecule has 32 heavy (non-hydrogen) atoms. The Morgan fingerprint density at radius 3 is 2.66 bits per heavy atom. The Hall–Kier alpha value is -3.41. The summed E-state index contributed by atoms with van der Waals surface area (Å²) in [5, 5.41) is 17.0. The minimum Gasteiger partial charge on any atom is -0.489 e. The first-order valence-corrected chi connectivity index (χ1v) is 11.1. The second kappa shape index (κ2) is 9.39. The van der Waals surface area contributed by atoms with E-state index < -0.39 is 0 Å². The summed E-state index contributed by atoms with van der Waals surface area (Å²) in [6, 6.07) is 14.1. The minimum absolute atomic E-state index is 0.116. The van der Waals surface area contributed by atoms with Gasteiger partial charge in [-0.25, -0.2) is 9.97 Å². The Morgan fingerprint density at radius 2 is 1.91 bits per heavy atom. The summed E-state index contributed by atoms with van der Waals surface area (Å²) in [5.74, 6) is 1.10. The van der Waals surface area contributed by atoms with Crippen molar-refractivity contribution >= 4 is 28.2 Å². The maximum absolute atomic E-state index is 9.57. The summed E-state index contributed by atoms with van der Waals surface area (Å²) in [6.45, 7) is 5.21. The normalized spacial score (nSPS) is 17.2. The average Bonchev–Trinajstić information content (AvgIpc) is 2.85. The second-order valence-electron chi connectivity index (χ2n) is 8.05. The summed E-state index contributed by atoms with van der Waals surface area (Å²) >= 11 is 0. The molecule has 0 unspecified atom stereocenters. The number of rotatable bonds is 5. The van der Waals surface area contributed by atoms with Crippen molar-refractivity contribution < 1.29 is 9.47 Å². The molecule has 3 aromatic rings. The smallest absolute Gasteiger partial charge is 0.227 e. The van der Waals surface area contributed by atoms with Gasteiger partial charge in [-0.05, 0) is 56.3 Å². The molecule has 8 heteroatoms. The lowest BCUT2D eigenvalue weighted by atomic mass is 10.1. The first kappa shape index (κ1) is 20.5. The number of aromatic nitrogens is 2. The summed E-state index contributed by atoms with van der Waals surface area (Å²) in [5.41, 5.74) is 3.36. The molecule has 1 aromatic heterocycles. The molecular weight excluding hydrogens is 404 g/mol. The van der Waals surface area contributed by atoms with Crippen molar-refractivity contribution in [1.82, 2.24) is 15.3 Å². The number of piperidine rings is 1. The molecular formula is C24H26N6O2. The van der Waals surface area contributed by atoms with Crippen LogP contribution in [0, 0.1) is 11.3 Å².